The Kier molecular flexibility index (Phi) is 8.36. The third-order valence-electron chi connectivity index (χ3n) is 4.04. The average molecular weight is 474 g/mol. The highest BCUT2D eigenvalue weighted by molar-refractivity contribution is 6.30. The summed E-state index contributed by atoms with van der Waals surface area (Å²) in [6.45, 7) is -0.799. The van der Waals surface area contributed by atoms with Crippen molar-refractivity contribution < 1.29 is 41.7 Å². The molecule has 0 fully saturated rings. The molecule has 7 nitrogen and oxygen atoms in total. The Morgan fingerprint density at radius 1 is 1.00 bits per heavy atom. The van der Waals surface area contributed by atoms with Gasteiger partial charge in [-0.25, -0.2) is 4.79 Å². The Morgan fingerprint density at radius 3 is 2.22 bits per heavy atom. The lowest BCUT2D eigenvalue weighted by Gasteiger charge is -2.14. The first-order valence-electron chi connectivity index (χ1n) is 8.90. The van der Waals surface area contributed by atoms with Gasteiger partial charge < -0.3 is 24.3 Å². The number of carbonyl (C=O) groups excluding carboxylic acids is 2. The smallest absolute Gasteiger partial charge is 0.418 e. The molecule has 0 radical (unpaired) electrons. The van der Waals surface area contributed by atoms with Gasteiger partial charge in [0.2, 0.25) is 0 Å². The van der Waals surface area contributed by atoms with E-state index in [1.807, 2.05) is 0 Å². The van der Waals surface area contributed by atoms with Gasteiger partial charge in [-0.05, 0) is 30.3 Å². The highest BCUT2D eigenvalue weighted by Crippen LogP contribution is 2.37. The molecule has 0 aliphatic carbocycles. The van der Waals surface area contributed by atoms with E-state index in [-0.39, 0.29) is 5.02 Å². The predicted molar refractivity (Wildman–Crippen MR) is 111 cm³/mol. The predicted octanol–water partition coefficient (Wildman–Crippen LogP) is 4.58. The van der Waals surface area contributed by atoms with Gasteiger partial charge in [0, 0.05) is 22.7 Å². The highest BCUT2D eigenvalue weighted by Gasteiger charge is 2.34. The maximum atomic E-state index is 13.1. The van der Waals surface area contributed by atoms with Crippen LogP contribution in [0, 0.1) is 0 Å². The van der Waals surface area contributed by atoms with Crippen LogP contribution < -0.4 is 19.5 Å². The summed E-state index contributed by atoms with van der Waals surface area (Å²) in [7, 11) is 4.32. The van der Waals surface area contributed by atoms with Crippen molar-refractivity contribution in [2.24, 2.45) is 0 Å². The van der Waals surface area contributed by atoms with Crippen molar-refractivity contribution in [3.8, 4) is 17.2 Å². The van der Waals surface area contributed by atoms with Gasteiger partial charge in [-0.1, -0.05) is 11.6 Å². The molecule has 172 valence electrons. The summed E-state index contributed by atoms with van der Waals surface area (Å²) in [5.41, 5.74) is -1.17. The summed E-state index contributed by atoms with van der Waals surface area (Å²) >= 11 is 5.59. The largest absolute Gasteiger partial charge is 0.496 e. The van der Waals surface area contributed by atoms with Crippen molar-refractivity contribution in [1.29, 1.82) is 0 Å². The quantitative estimate of drug-likeness (QED) is 0.446. The Morgan fingerprint density at radius 2 is 1.62 bits per heavy atom. The Bertz CT molecular complexity index is 1020. The van der Waals surface area contributed by atoms with E-state index in [0.717, 1.165) is 12.1 Å². The molecule has 0 bridgehead atoms. The van der Waals surface area contributed by atoms with Gasteiger partial charge in [0.25, 0.3) is 5.91 Å². The van der Waals surface area contributed by atoms with Gasteiger partial charge in [0.15, 0.2) is 18.1 Å². The van der Waals surface area contributed by atoms with E-state index in [1.165, 1.54) is 33.5 Å². The molecule has 2 rings (SSSR count). The molecule has 0 aromatic heterocycles. The first-order chi connectivity index (χ1) is 15.1. The van der Waals surface area contributed by atoms with Crippen LogP contribution in [-0.4, -0.2) is 39.8 Å². The fraction of sp³-hybridized carbons (Fsp3) is 0.238. The fourth-order valence-corrected chi connectivity index (χ4v) is 2.74. The van der Waals surface area contributed by atoms with Gasteiger partial charge in [-0.15, -0.1) is 0 Å². The minimum atomic E-state index is -4.73. The van der Waals surface area contributed by atoms with Crippen molar-refractivity contribution in [1.82, 2.24) is 0 Å². The first kappa shape index (κ1) is 24.9. The number of amides is 1. The number of esters is 1. The molecule has 0 unspecified atom stereocenters. The number of hydrogen-bond acceptors (Lipinski definition) is 6. The third-order valence-corrected chi connectivity index (χ3v) is 4.28. The van der Waals surface area contributed by atoms with E-state index < -0.39 is 35.9 Å². The highest BCUT2D eigenvalue weighted by atomic mass is 35.5. The van der Waals surface area contributed by atoms with Crippen LogP contribution in [0.2, 0.25) is 5.02 Å². The second-order valence-electron chi connectivity index (χ2n) is 6.13. The Balaban J connectivity index is 2.04. The minimum absolute atomic E-state index is 0.141. The van der Waals surface area contributed by atoms with Crippen molar-refractivity contribution >= 4 is 35.2 Å². The molecule has 0 heterocycles. The average Bonchev–Trinajstić information content (AvgIpc) is 2.75. The molecule has 0 aliphatic rings. The maximum Gasteiger partial charge on any atom is 0.418 e. The number of benzene rings is 2. The number of anilines is 1. The zero-order valence-corrected chi connectivity index (χ0v) is 18.0. The fourth-order valence-electron chi connectivity index (χ4n) is 2.57. The van der Waals surface area contributed by atoms with Gasteiger partial charge in [0.05, 0.1) is 32.6 Å². The molecule has 1 N–H and O–H groups in total. The van der Waals surface area contributed by atoms with Crippen LogP contribution >= 0.6 is 11.6 Å². The topological polar surface area (TPSA) is 83.1 Å². The lowest BCUT2D eigenvalue weighted by molar-refractivity contribution is -0.142. The van der Waals surface area contributed by atoms with E-state index >= 15 is 0 Å². The molecule has 0 spiro atoms. The van der Waals surface area contributed by atoms with Crippen molar-refractivity contribution in [2.75, 3.05) is 33.3 Å². The number of carbonyl (C=O) groups is 2. The normalized spacial score (nSPS) is 11.2. The molecule has 32 heavy (non-hydrogen) atoms. The van der Waals surface area contributed by atoms with E-state index in [2.05, 4.69) is 5.32 Å². The van der Waals surface area contributed by atoms with E-state index in [1.54, 1.807) is 12.1 Å². The first-order valence-corrected chi connectivity index (χ1v) is 9.28. The lowest BCUT2D eigenvalue weighted by atomic mass is 10.1. The zero-order chi connectivity index (χ0) is 23.9. The van der Waals surface area contributed by atoms with Crippen LogP contribution in [0.3, 0.4) is 0 Å². The number of ether oxygens (including phenoxy) is 4. The molecular formula is C21H19ClF3NO6. The van der Waals surface area contributed by atoms with E-state index in [9.17, 15) is 22.8 Å². The summed E-state index contributed by atoms with van der Waals surface area (Å²) in [6, 6.07) is 6.00. The number of nitrogens with one attached hydrogen (secondary N) is 1. The van der Waals surface area contributed by atoms with Crippen molar-refractivity contribution in [3.05, 3.63) is 52.6 Å². The van der Waals surface area contributed by atoms with Crippen LogP contribution in [-0.2, 0) is 20.5 Å². The second kappa shape index (κ2) is 10.8. The third kappa shape index (κ3) is 6.55. The lowest BCUT2D eigenvalue weighted by Crippen LogP contribution is -2.22. The Labute approximate surface area is 186 Å². The molecular weight excluding hydrogens is 455 g/mol. The molecule has 2 aromatic carbocycles. The maximum absolute atomic E-state index is 13.1. The van der Waals surface area contributed by atoms with Crippen molar-refractivity contribution in [2.45, 2.75) is 6.18 Å². The van der Waals surface area contributed by atoms with E-state index in [0.29, 0.717) is 28.9 Å². The molecule has 0 saturated heterocycles. The second-order valence-corrected chi connectivity index (χ2v) is 6.56. The number of halogens is 4. The standard InChI is InChI=1S/C21H19ClF3NO6/c1-29-16-10-18(31-3)17(30-2)8-12(16)4-7-20(28)32-11-19(27)26-15-6-5-13(22)9-14(15)21(23,24)25/h4-10H,11H2,1-3H3,(H,26,27)/b7-4+. The molecule has 0 atom stereocenters. The number of hydrogen-bond donors (Lipinski definition) is 1. The van der Waals surface area contributed by atoms with Gasteiger partial charge in [0.1, 0.15) is 5.75 Å². The zero-order valence-electron chi connectivity index (χ0n) is 17.2. The van der Waals surface area contributed by atoms with Crippen LogP contribution in [0.15, 0.2) is 36.4 Å². The number of methoxy groups -OCH3 is 3. The molecule has 2 aromatic rings. The van der Waals surface area contributed by atoms with Crippen molar-refractivity contribution in [3.63, 3.8) is 0 Å². The van der Waals surface area contributed by atoms with Gasteiger partial charge in [-0.3, -0.25) is 4.79 Å². The molecule has 0 saturated carbocycles. The summed E-state index contributed by atoms with van der Waals surface area (Å²) in [4.78, 5) is 23.9. The van der Waals surface area contributed by atoms with Crippen LogP contribution in [0.5, 0.6) is 17.2 Å². The SMILES string of the molecule is COc1cc(OC)c(OC)cc1/C=C/C(=O)OCC(=O)Nc1ccc(Cl)cc1C(F)(F)F. The summed E-state index contributed by atoms with van der Waals surface area (Å²) in [5.74, 6) is -0.662. The molecule has 0 aliphatic heterocycles. The summed E-state index contributed by atoms with van der Waals surface area (Å²) in [6.07, 6.45) is -2.34. The van der Waals surface area contributed by atoms with Gasteiger partial charge >= 0.3 is 12.1 Å². The molecule has 1 amide bonds. The van der Waals surface area contributed by atoms with Crippen LogP contribution in [0.1, 0.15) is 11.1 Å². The number of alkyl halides is 3. The van der Waals surface area contributed by atoms with Crippen LogP contribution in [0.25, 0.3) is 6.08 Å². The van der Waals surface area contributed by atoms with Crippen LogP contribution in [0.4, 0.5) is 18.9 Å². The van der Waals surface area contributed by atoms with E-state index in [4.69, 9.17) is 30.5 Å². The number of rotatable bonds is 8. The summed E-state index contributed by atoms with van der Waals surface area (Å²) in [5, 5.41) is 1.91. The summed E-state index contributed by atoms with van der Waals surface area (Å²) < 4.78 is 59.6. The Hall–Kier alpha value is -3.40. The monoisotopic (exact) mass is 473 g/mol. The van der Waals surface area contributed by atoms with Gasteiger partial charge in [-0.2, -0.15) is 13.2 Å². The minimum Gasteiger partial charge on any atom is -0.496 e. The molecule has 11 heteroatoms.